The Hall–Kier alpha value is -4.24. The third-order valence-corrected chi connectivity index (χ3v) is 7.44. The van der Waals surface area contributed by atoms with Crippen molar-refractivity contribution in [1.29, 1.82) is 0 Å². The minimum absolute atomic E-state index is 0.184. The first-order valence-corrected chi connectivity index (χ1v) is 12.6. The molecule has 2 aliphatic rings. The number of hydrogen-bond donors (Lipinski definition) is 0. The Kier molecular flexibility index (Phi) is 6.39. The van der Waals surface area contributed by atoms with Gasteiger partial charge in [-0.1, -0.05) is 47.7 Å². The third-order valence-electron chi connectivity index (χ3n) is 6.39. The van der Waals surface area contributed by atoms with E-state index in [1.165, 1.54) is 4.57 Å². The number of benzene rings is 2. The van der Waals surface area contributed by atoms with Gasteiger partial charge in [0.2, 0.25) is 0 Å². The second kappa shape index (κ2) is 9.67. The lowest BCUT2D eigenvalue weighted by atomic mass is 9.96. The molecule has 0 N–H and O–H groups in total. The van der Waals surface area contributed by atoms with Crippen LogP contribution in [-0.2, 0) is 14.3 Å². The first-order chi connectivity index (χ1) is 17.9. The molecule has 3 aromatic rings. The van der Waals surface area contributed by atoms with Crippen molar-refractivity contribution in [3.63, 3.8) is 0 Å². The highest BCUT2D eigenvalue weighted by molar-refractivity contribution is 7.07. The molecule has 0 saturated heterocycles. The topological polar surface area (TPSA) is 90.2 Å². The number of fused-ring (bicyclic) bond motifs is 2. The normalized spacial score (nSPS) is 17.8. The minimum atomic E-state index is -0.772. The van der Waals surface area contributed by atoms with Crippen molar-refractivity contribution in [1.82, 2.24) is 4.57 Å². The number of allylic oxidation sites excluding steroid dienone is 1. The SMILES string of the molecule is C=CCN1C(=O)C(=c2sc3n(c2=O)[C@@H](c2ccc(OC)cc2)C(C(=O)OCC)=C(C)N=3)c2ccccc21. The van der Waals surface area contributed by atoms with E-state index in [2.05, 4.69) is 11.6 Å². The molecule has 9 heteroatoms. The molecule has 1 atom stereocenters. The van der Waals surface area contributed by atoms with Gasteiger partial charge in [0.1, 0.15) is 10.3 Å². The summed E-state index contributed by atoms with van der Waals surface area (Å²) < 4.78 is 12.4. The standard InChI is InChI=1S/C28H25N3O5S/c1-5-15-30-20-10-8-7-9-19(20)22(25(30)32)24-26(33)31-23(17-11-13-18(35-4)14-12-17)21(27(34)36-6-2)16(3)29-28(31)37-24/h5,7-14,23H,1,6,15H2,2-4H3/t23-/m0/s1. The summed E-state index contributed by atoms with van der Waals surface area (Å²) in [7, 11) is 1.57. The molecule has 0 unspecified atom stereocenters. The zero-order valence-corrected chi connectivity index (χ0v) is 21.5. The number of rotatable bonds is 6. The molecule has 0 aliphatic carbocycles. The number of carbonyl (C=O) groups excluding carboxylic acids is 2. The molecule has 0 saturated carbocycles. The minimum Gasteiger partial charge on any atom is -0.497 e. The second-order valence-corrected chi connectivity index (χ2v) is 9.47. The van der Waals surface area contributed by atoms with E-state index in [1.54, 1.807) is 44.1 Å². The fourth-order valence-electron chi connectivity index (χ4n) is 4.75. The Labute approximate surface area is 217 Å². The molecule has 0 fully saturated rings. The molecule has 188 valence electrons. The number of carbonyl (C=O) groups is 2. The van der Waals surface area contributed by atoms with Crippen molar-refractivity contribution in [3.05, 3.63) is 103 Å². The van der Waals surface area contributed by atoms with Gasteiger partial charge < -0.3 is 14.4 Å². The van der Waals surface area contributed by atoms with Gasteiger partial charge in [-0.15, -0.1) is 6.58 Å². The van der Waals surface area contributed by atoms with Crippen LogP contribution >= 0.6 is 11.3 Å². The molecule has 0 radical (unpaired) electrons. The number of hydrogen-bond acceptors (Lipinski definition) is 7. The lowest BCUT2D eigenvalue weighted by Crippen LogP contribution is -2.41. The van der Waals surface area contributed by atoms with Crippen LogP contribution in [0.5, 0.6) is 5.75 Å². The van der Waals surface area contributed by atoms with Crippen LogP contribution in [0.3, 0.4) is 0 Å². The quantitative estimate of drug-likeness (QED) is 0.372. The molecule has 0 bridgehead atoms. The Morgan fingerprint density at radius 3 is 2.57 bits per heavy atom. The molecule has 3 heterocycles. The van der Waals surface area contributed by atoms with Gasteiger partial charge in [-0.3, -0.25) is 14.2 Å². The highest BCUT2D eigenvalue weighted by Gasteiger charge is 2.37. The zero-order valence-electron chi connectivity index (χ0n) is 20.7. The fraction of sp³-hybridized carbons (Fsp3) is 0.214. The second-order valence-electron chi connectivity index (χ2n) is 8.49. The number of aromatic nitrogens is 1. The number of thiazole rings is 1. The van der Waals surface area contributed by atoms with Crippen LogP contribution in [0, 0.1) is 0 Å². The predicted octanol–water partition coefficient (Wildman–Crippen LogP) is 2.71. The van der Waals surface area contributed by atoms with Gasteiger partial charge in [0, 0.05) is 12.1 Å². The van der Waals surface area contributed by atoms with Crippen LogP contribution in [0.25, 0.3) is 5.57 Å². The summed E-state index contributed by atoms with van der Waals surface area (Å²) in [4.78, 5) is 47.3. The Balaban J connectivity index is 1.80. The molecule has 37 heavy (non-hydrogen) atoms. The number of methoxy groups -OCH3 is 1. The number of ether oxygens (including phenoxy) is 2. The largest absolute Gasteiger partial charge is 0.497 e. The number of amides is 1. The Morgan fingerprint density at radius 2 is 1.89 bits per heavy atom. The maximum Gasteiger partial charge on any atom is 0.338 e. The number of esters is 1. The van der Waals surface area contributed by atoms with Crippen LogP contribution in [0.1, 0.15) is 31.0 Å². The van der Waals surface area contributed by atoms with Crippen molar-refractivity contribution < 1.29 is 19.1 Å². The number of anilines is 1. The van der Waals surface area contributed by atoms with Gasteiger partial charge in [0.15, 0.2) is 4.80 Å². The molecule has 2 aliphatic heterocycles. The molecule has 1 aromatic heterocycles. The van der Waals surface area contributed by atoms with Crippen molar-refractivity contribution in [2.24, 2.45) is 4.99 Å². The molecule has 5 rings (SSSR count). The van der Waals surface area contributed by atoms with Gasteiger partial charge in [0.05, 0.1) is 42.3 Å². The molecular formula is C28H25N3O5S. The van der Waals surface area contributed by atoms with Crippen molar-refractivity contribution in [2.75, 3.05) is 25.2 Å². The highest BCUT2D eigenvalue weighted by Crippen LogP contribution is 2.35. The molecular weight excluding hydrogens is 490 g/mol. The average molecular weight is 516 g/mol. The van der Waals surface area contributed by atoms with Gasteiger partial charge >= 0.3 is 5.97 Å². The zero-order chi connectivity index (χ0) is 26.3. The molecule has 0 spiro atoms. The van der Waals surface area contributed by atoms with E-state index in [1.807, 2.05) is 36.4 Å². The van der Waals surface area contributed by atoms with E-state index >= 15 is 0 Å². The van der Waals surface area contributed by atoms with Crippen LogP contribution in [0.2, 0.25) is 0 Å². The monoisotopic (exact) mass is 515 g/mol. The summed E-state index contributed by atoms with van der Waals surface area (Å²) in [6.07, 6.45) is 1.65. The van der Waals surface area contributed by atoms with E-state index in [0.29, 0.717) is 39.5 Å². The summed E-state index contributed by atoms with van der Waals surface area (Å²) in [5, 5.41) is 0. The van der Waals surface area contributed by atoms with Gasteiger partial charge in [-0.2, -0.15) is 0 Å². The van der Waals surface area contributed by atoms with E-state index in [0.717, 1.165) is 17.0 Å². The number of nitrogens with zero attached hydrogens (tertiary/aromatic N) is 3. The van der Waals surface area contributed by atoms with Crippen molar-refractivity contribution in [2.45, 2.75) is 19.9 Å². The van der Waals surface area contributed by atoms with Crippen molar-refractivity contribution in [3.8, 4) is 5.75 Å². The van der Waals surface area contributed by atoms with Crippen molar-refractivity contribution >= 4 is 34.5 Å². The van der Waals surface area contributed by atoms with Gasteiger partial charge in [-0.25, -0.2) is 9.79 Å². The van der Waals surface area contributed by atoms with Crippen LogP contribution < -0.4 is 24.5 Å². The summed E-state index contributed by atoms with van der Waals surface area (Å²) in [5.41, 5.74) is 2.78. The summed E-state index contributed by atoms with van der Waals surface area (Å²) in [5.74, 6) is -0.164. The van der Waals surface area contributed by atoms with Crippen LogP contribution in [0.4, 0.5) is 5.69 Å². The molecule has 2 aromatic carbocycles. The smallest absolute Gasteiger partial charge is 0.338 e. The lowest BCUT2D eigenvalue weighted by molar-refractivity contribution is -0.139. The predicted molar refractivity (Wildman–Crippen MR) is 141 cm³/mol. The fourth-order valence-corrected chi connectivity index (χ4v) is 5.89. The van der Waals surface area contributed by atoms with Crippen LogP contribution in [0.15, 0.2) is 82.2 Å². The van der Waals surface area contributed by atoms with Crippen LogP contribution in [-0.4, -0.2) is 36.7 Å². The highest BCUT2D eigenvalue weighted by atomic mass is 32.1. The Morgan fingerprint density at radius 1 is 1.16 bits per heavy atom. The number of para-hydroxylation sites is 1. The van der Waals surface area contributed by atoms with Gasteiger partial charge in [0.25, 0.3) is 11.5 Å². The van der Waals surface area contributed by atoms with E-state index in [4.69, 9.17) is 9.47 Å². The maximum absolute atomic E-state index is 14.1. The van der Waals surface area contributed by atoms with E-state index in [-0.39, 0.29) is 22.6 Å². The summed E-state index contributed by atoms with van der Waals surface area (Å²) in [6.45, 7) is 7.72. The Bertz CT molecular complexity index is 1650. The summed E-state index contributed by atoms with van der Waals surface area (Å²) in [6, 6.07) is 13.8. The first kappa shape index (κ1) is 24.5. The lowest BCUT2D eigenvalue weighted by Gasteiger charge is -2.24. The first-order valence-electron chi connectivity index (χ1n) is 11.8. The third kappa shape index (κ3) is 3.92. The van der Waals surface area contributed by atoms with Gasteiger partial charge in [-0.05, 0) is 37.6 Å². The molecule has 8 nitrogen and oxygen atoms in total. The average Bonchev–Trinajstić information content (AvgIpc) is 3.36. The summed E-state index contributed by atoms with van der Waals surface area (Å²) >= 11 is 1.15. The van der Waals surface area contributed by atoms with E-state index in [9.17, 15) is 14.4 Å². The maximum atomic E-state index is 14.1. The van der Waals surface area contributed by atoms with E-state index < -0.39 is 17.6 Å². The molecule has 1 amide bonds.